The summed E-state index contributed by atoms with van der Waals surface area (Å²) in [5.74, 6) is 3.11. The van der Waals surface area contributed by atoms with Gasteiger partial charge in [0.2, 0.25) is 0 Å². The van der Waals surface area contributed by atoms with Crippen LogP contribution in [0.25, 0.3) is 11.4 Å². The van der Waals surface area contributed by atoms with Crippen molar-refractivity contribution in [3.8, 4) is 22.9 Å². The summed E-state index contributed by atoms with van der Waals surface area (Å²) >= 11 is 0. The Morgan fingerprint density at radius 2 is 1.81 bits per heavy atom. The normalized spacial score (nSPS) is 13.2. The molecule has 7 heteroatoms. The zero-order valence-corrected chi connectivity index (χ0v) is 18.8. The third-order valence-electron chi connectivity index (χ3n) is 5.55. The summed E-state index contributed by atoms with van der Waals surface area (Å²) in [6.07, 6.45) is 5.43. The Balaban J connectivity index is 1.40. The SMILES string of the molecule is CCCOc1ccc(OCC(=O)Nc2cc(-c3nnc4n3CCCCC4)ccc2C)cc1. The summed E-state index contributed by atoms with van der Waals surface area (Å²) in [7, 11) is 0. The number of aromatic nitrogens is 3. The Labute approximate surface area is 188 Å². The molecule has 1 amide bonds. The van der Waals surface area contributed by atoms with E-state index in [0.717, 1.165) is 66.4 Å². The van der Waals surface area contributed by atoms with Crippen LogP contribution in [0, 0.1) is 6.92 Å². The van der Waals surface area contributed by atoms with Crippen molar-refractivity contribution in [3.05, 3.63) is 53.9 Å². The van der Waals surface area contributed by atoms with Crippen LogP contribution in [0.4, 0.5) is 5.69 Å². The van der Waals surface area contributed by atoms with Crippen LogP contribution >= 0.6 is 0 Å². The van der Waals surface area contributed by atoms with Crippen LogP contribution in [0.1, 0.15) is 44.0 Å². The highest BCUT2D eigenvalue weighted by Gasteiger charge is 2.17. The number of hydrogen-bond acceptors (Lipinski definition) is 5. The molecule has 1 aliphatic heterocycles. The predicted molar refractivity (Wildman–Crippen MR) is 124 cm³/mol. The van der Waals surface area contributed by atoms with Gasteiger partial charge in [-0.05, 0) is 62.1 Å². The molecule has 1 N–H and O–H groups in total. The Morgan fingerprint density at radius 3 is 2.59 bits per heavy atom. The Hall–Kier alpha value is -3.35. The maximum atomic E-state index is 12.5. The summed E-state index contributed by atoms with van der Waals surface area (Å²) in [5, 5.41) is 11.8. The maximum absolute atomic E-state index is 12.5. The second kappa shape index (κ2) is 10.3. The van der Waals surface area contributed by atoms with E-state index in [9.17, 15) is 4.79 Å². The molecule has 7 nitrogen and oxygen atoms in total. The van der Waals surface area contributed by atoms with E-state index >= 15 is 0 Å². The summed E-state index contributed by atoms with van der Waals surface area (Å²) in [6.45, 7) is 5.58. The highest BCUT2D eigenvalue weighted by atomic mass is 16.5. The zero-order valence-electron chi connectivity index (χ0n) is 18.8. The molecule has 0 aliphatic carbocycles. The molecule has 2 heterocycles. The largest absolute Gasteiger partial charge is 0.494 e. The number of anilines is 1. The number of benzene rings is 2. The van der Waals surface area contributed by atoms with Gasteiger partial charge in [-0.25, -0.2) is 0 Å². The molecule has 0 fully saturated rings. The van der Waals surface area contributed by atoms with Gasteiger partial charge >= 0.3 is 0 Å². The lowest BCUT2D eigenvalue weighted by molar-refractivity contribution is -0.118. The second-order valence-electron chi connectivity index (χ2n) is 8.09. The van der Waals surface area contributed by atoms with E-state index in [2.05, 4.69) is 27.0 Å². The van der Waals surface area contributed by atoms with Crippen LogP contribution in [0.15, 0.2) is 42.5 Å². The molecule has 32 heavy (non-hydrogen) atoms. The van der Waals surface area contributed by atoms with Crippen LogP contribution in [0.2, 0.25) is 0 Å². The first-order valence-electron chi connectivity index (χ1n) is 11.3. The third-order valence-corrected chi connectivity index (χ3v) is 5.55. The first-order chi connectivity index (χ1) is 15.6. The quantitative estimate of drug-likeness (QED) is 0.552. The van der Waals surface area contributed by atoms with E-state index in [1.165, 1.54) is 6.42 Å². The summed E-state index contributed by atoms with van der Waals surface area (Å²) < 4.78 is 13.4. The molecule has 0 saturated carbocycles. The fourth-order valence-corrected chi connectivity index (χ4v) is 3.78. The fourth-order valence-electron chi connectivity index (χ4n) is 3.78. The van der Waals surface area contributed by atoms with Gasteiger partial charge in [-0.2, -0.15) is 0 Å². The number of fused-ring (bicyclic) bond motifs is 1. The molecule has 1 aliphatic rings. The minimum atomic E-state index is -0.211. The second-order valence-corrected chi connectivity index (χ2v) is 8.09. The number of aryl methyl sites for hydroxylation is 2. The van der Waals surface area contributed by atoms with Crippen molar-refractivity contribution in [1.82, 2.24) is 14.8 Å². The molecule has 0 saturated heterocycles. The van der Waals surface area contributed by atoms with E-state index in [1.54, 1.807) is 12.1 Å². The predicted octanol–water partition coefficient (Wildman–Crippen LogP) is 4.79. The minimum Gasteiger partial charge on any atom is -0.494 e. The van der Waals surface area contributed by atoms with Crippen molar-refractivity contribution in [2.75, 3.05) is 18.5 Å². The number of rotatable bonds is 8. The molecule has 0 radical (unpaired) electrons. The van der Waals surface area contributed by atoms with E-state index in [-0.39, 0.29) is 12.5 Å². The lowest BCUT2D eigenvalue weighted by Crippen LogP contribution is -2.20. The summed E-state index contributed by atoms with van der Waals surface area (Å²) in [6, 6.07) is 13.3. The van der Waals surface area contributed by atoms with E-state index in [1.807, 2.05) is 37.3 Å². The zero-order chi connectivity index (χ0) is 22.3. The molecule has 0 bridgehead atoms. The van der Waals surface area contributed by atoms with Crippen LogP contribution in [0.5, 0.6) is 11.5 Å². The van der Waals surface area contributed by atoms with Crippen molar-refractivity contribution in [3.63, 3.8) is 0 Å². The number of amides is 1. The average Bonchev–Trinajstić information content (AvgIpc) is 3.06. The van der Waals surface area contributed by atoms with Crippen LogP contribution < -0.4 is 14.8 Å². The molecule has 3 aromatic rings. The van der Waals surface area contributed by atoms with E-state index in [4.69, 9.17) is 9.47 Å². The highest BCUT2D eigenvalue weighted by molar-refractivity contribution is 5.93. The molecule has 1 aromatic heterocycles. The summed E-state index contributed by atoms with van der Waals surface area (Å²) in [4.78, 5) is 12.5. The van der Waals surface area contributed by atoms with Gasteiger partial charge in [0.15, 0.2) is 12.4 Å². The molecule has 0 atom stereocenters. The fraction of sp³-hybridized carbons (Fsp3) is 0.400. The number of nitrogens with one attached hydrogen (secondary N) is 1. The maximum Gasteiger partial charge on any atom is 0.262 e. The lowest BCUT2D eigenvalue weighted by atomic mass is 10.1. The minimum absolute atomic E-state index is 0.0703. The Bertz CT molecular complexity index is 1060. The standard InChI is InChI=1S/C25H30N4O3/c1-3-15-31-20-10-12-21(13-11-20)32-17-24(30)26-22-16-19(9-8-18(22)2)25-28-27-23-7-5-4-6-14-29(23)25/h8-13,16H,3-7,14-15,17H2,1-2H3,(H,26,30). The average molecular weight is 435 g/mol. The highest BCUT2D eigenvalue weighted by Crippen LogP contribution is 2.27. The van der Waals surface area contributed by atoms with Gasteiger partial charge in [-0.3, -0.25) is 4.79 Å². The lowest BCUT2D eigenvalue weighted by Gasteiger charge is -2.12. The Morgan fingerprint density at radius 1 is 1.03 bits per heavy atom. The number of ether oxygens (including phenoxy) is 2. The molecule has 0 unspecified atom stereocenters. The first-order valence-corrected chi connectivity index (χ1v) is 11.3. The van der Waals surface area contributed by atoms with E-state index in [0.29, 0.717) is 12.4 Å². The summed E-state index contributed by atoms with van der Waals surface area (Å²) in [5.41, 5.74) is 2.69. The van der Waals surface area contributed by atoms with Crippen molar-refractivity contribution < 1.29 is 14.3 Å². The van der Waals surface area contributed by atoms with Crippen molar-refractivity contribution in [2.45, 2.75) is 52.5 Å². The Kier molecular flexibility index (Phi) is 7.04. The topological polar surface area (TPSA) is 78.3 Å². The van der Waals surface area contributed by atoms with Gasteiger partial charge in [-0.1, -0.05) is 25.5 Å². The number of nitrogens with zero attached hydrogens (tertiary/aromatic N) is 3. The molecule has 2 aromatic carbocycles. The monoisotopic (exact) mass is 434 g/mol. The molecule has 168 valence electrons. The van der Waals surface area contributed by atoms with Gasteiger partial charge < -0.3 is 19.4 Å². The van der Waals surface area contributed by atoms with Crippen molar-refractivity contribution in [1.29, 1.82) is 0 Å². The van der Waals surface area contributed by atoms with Gasteiger partial charge in [0.25, 0.3) is 5.91 Å². The van der Waals surface area contributed by atoms with Gasteiger partial charge in [-0.15, -0.1) is 10.2 Å². The molecule has 0 spiro atoms. The van der Waals surface area contributed by atoms with Gasteiger partial charge in [0, 0.05) is 24.2 Å². The van der Waals surface area contributed by atoms with E-state index < -0.39 is 0 Å². The third kappa shape index (κ3) is 5.28. The van der Waals surface area contributed by atoms with Crippen LogP contribution in [-0.2, 0) is 17.8 Å². The smallest absolute Gasteiger partial charge is 0.262 e. The van der Waals surface area contributed by atoms with Gasteiger partial charge in [0.1, 0.15) is 17.3 Å². The molecule has 4 rings (SSSR count). The number of hydrogen-bond donors (Lipinski definition) is 1. The molecular formula is C25H30N4O3. The van der Waals surface area contributed by atoms with Crippen LogP contribution in [-0.4, -0.2) is 33.9 Å². The van der Waals surface area contributed by atoms with Crippen molar-refractivity contribution >= 4 is 11.6 Å². The first kappa shape index (κ1) is 21.9. The van der Waals surface area contributed by atoms with Gasteiger partial charge in [0.05, 0.1) is 6.61 Å². The molecular weight excluding hydrogens is 404 g/mol. The number of carbonyl (C=O) groups is 1. The van der Waals surface area contributed by atoms with Crippen LogP contribution in [0.3, 0.4) is 0 Å². The number of carbonyl (C=O) groups excluding carboxylic acids is 1. The van der Waals surface area contributed by atoms with Crippen molar-refractivity contribution in [2.24, 2.45) is 0 Å².